The molecule has 1 rings (SSSR count). The zero-order valence-corrected chi connectivity index (χ0v) is 14.9. The molecule has 0 saturated heterocycles. The Morgan fingerprint density at radius 2 is 1.87 bits per heavy atom. The monoisotopic (exact) mass is 341 g/mol. The van der Waals surface area contributed by atoms with Gasteiger partial charge >= 0.3 is 0 Å². The Hall–Kier alpha value is -1.46. The Morgan fingerprint density at radius 1 is 1.09 bits per heavy atom. The molecule has 0 aliphatic rings. The molecule has 0 heterocycles. The zero-order chi connectivity index (χ0) is 16.8. The quantitative estimate of drug-likeness (QED) is 0.369. The molecule has 0 aromatic heterocycles. The van der Waals surface area contributed by atoms with Gasteiger partial charge in [0.1, 0.15) is 12.4 Å². The summed E-state index contributed by atoms with van der Waals surface area (Å²) in [5.74, 6) is 1.64. The highest BCUT2D eigenvalue weighted by atomic mass is 35.5. The standard InChI is InChI=1S/C17H28ClN3O2/c1-3-19-17(20-11-5-6-13-22-4-2)21-12-14-23-16-9-7-15(18)8-10-16/h7-10H,3-6,11-14H2,1-2H3,(H2,19,20,21). The van der Waals surface area contributed by atoms with Gasteiger partial charge in [-0.3, -0.25) is 4.99 Å². The van der Waals surface area contributed by atoms with E-state index >= 15 is 0 Å². The van der Waals surface area contributed by atoms with E-state index in [9.17, 15) is 0 Å². The summed E-state index contributed by atoms with van der Waals surface area (Å²) in [7, 11) is 0. The minimum absolute atomic E-state index is 0.566. The van der Waals surface area contributed by atoms with Crippen LogP contribution >= 0.6 is 11.6 Å². The smallest absolute Gasteiger partial charge is 0.191 e. The molecule has 23 heavy (non-hydrogen) atoms. The molecule has 0 unspecified atom stereocenters. The van der Waals surface area contributed by atoms with E-state index in [-0.39, 0.29) is 0 Å². The lowest BCUT2D eigenvalue weighted by Crippen LogP contribution is -2.39. The van der Waals surface area contributed by atoms with Gasteiger partial charge < -0.3 is 20.1 Å². The van der Waals surface area contributed by atoms with Crippen molar-refractivity contribution < 1.29 is 9.47 Å². The summed E-state index contributed by atoms with van der Waals surface area (Å²) in [4.78, 5) is 4.53. The van der Waals surface area contributed by atoms with Gasteiger partial charge in [-0.2, -0.15) is 0 Å². The van der Waals surface area contributed by atoms with Crippen LogP contribution < -0.4 is 15.4 Å². The number of nitrogens with one attached hydrogen (secondary N) is 2. The third-order valence-electron chi connectivity index (χ3n) is 2.99. The molecule has 0 spiro atoms. The van der Waals surface area contributed by atoms with E-state index in [4.69, 9.17) is 21.1 Å². The number of ether oxygens (including phenoxy) is 2. The van der Waals surface area contributed by atoms with Gasteiger partial charge in [-0.1, -0.05) is 11.6 Å². The summed E-state index contributed by atoms with van der Waals surface area (Å²) in [6.07, 6.45) is 2.06. The molecule has 6 heteroatoms. The topological polar surface area (TPSA) is 54.9 Å². The Morgan fingerprint density at radius 3 is 2.57 bits per heavy atom. The van der Waals surface area contributed by atoms with Crippen molar-refractivity contribution in [1.29, 1.82) is 0 Å². The number of hydrogen-bond acceptors (Lipinski definition) is 3. The van der Waals surface area contributed by atoms with Gasteiger partial charge in [0.15, 0.2) is 5.96 Å². The van der Waals surface area contributed by atoms with Crippen LogP contribution in [0.2, 0.25) is 5.02 Å². The molecule has 1 aromatic rings. The van der Waals surface area contributed by atoms with Crippen molar-refractivity contribution in [2.75, 3.05) is 39.5 Å². The molecule has 0 saturated carbocycles. The van der Waals surface area contributed by atoms with Crippen molar-refractivity contribution in [2.45, 2.75) is 26.7 Å². The number of hydrogen-bond donors (Lipinski definition) is 2. The van der Waals surface area contributed by atoms with E-state index in [1.807, 2.05) is 31.2 Å². The molecule has 0 atom stereocenters. The third kappa shape index (κ3) is 10.0. The number of nitrogens with zero attached hydrogens (tertiary/aromatic N) is 1. The van der Waals surface area contributed by atoms with Crippen LogP contribution in [0.4, 0.5) is 0 Å². The molecule has 130 valence electrons. The molecule has 0 radical (unpaired) electrons. The van der Waals surface area contributed by atoms with E-state index < -0.39 is 0 Å². The number of unbranched alkanes of at least 4 members (excludes halogenated alkanes) is 1. The van der Waals surface area contributed by atoms with Gasteiger partial charge in [0.25, 0.3) is 0 Å². The van der Waals surface area contributed by atoms with Crippen molar-refractivity contribution in [3.63, 3.8) is 0 Å². The van der Waals surface area contributed by atoms with Crippen molar-refractivity contribution >= 4 is 17.6 Å². The largest absolute Gasteiger partial charge is 0.492 e. The molecule has 5 nitrogen and oxygen atoms in total. The average Bonchev–Trinajstić information content (AvgIpc) is 2.56. The van der Waals surface area contributed by atoms with E-state index in [1.165, 1.54) is 0 Å². The predicted octanol–water partition coefficient (Wildman–Crippen LogP) is 3.09. The summed E-state index contributed by atoms with van der Waals surface area (Å²) in [5.41, 5.74) is 0. The van der Waals surface area contributed by atoms with Crippen molar-refractivity contribution in [2.24, 2.45) is 4.99 Å². The first kappa shape index (κ1) is 19.6. The summed E-state index contributed by atoms with van der Waals surface area (Å²) < 4.78 is 11.0. The maximum Gasteiger partial charge on any atom is 0.191 e. The summed E-state index contributed by atoms with van der Waals surface area (Å²) in [6, 6.07) is 7.36. The van der Waals surface area contributed by atoms with E-state index in [1.54, 1.807) is 0 Å². The van der Waals surface area contributed by atoms with Gasteiger partial charge in [0.05, 0.1) is 6.54 Å². The lowest BCUT2D eigenvalue weighted by molar-refractivity contribution is 0.144. The molecule has 0 aliphatic carbocycles. The van der Waals surface area contributed by atoms with Crippen LogP contribution in [0.1, 0.15) is 26.7 Å². The first-order valence-electron chi connectivity index (χ1n) is 8.24. The van der Waals surface area contributed by atoms with Gasteiger partial charge in [0, 0.05) is 31.3 Å². The van der Waals surface area contributed by atoms with Crippen LogP contribution in [0.25, 0.3) is 0 Å². The minimum atomic E-state index is 0.566. The lowest BCUT2D eigenvalue weighted by Gasteiger charge is -2.12. The zero-order valence-electron chi connectivity index (χ0n) is 14.1. The van der Waals surface area contributed by atoms with Gasteiger partial charge in [-0.25, -0.2) is 0 Å². The molecule has 0 bridgehead atoms. The summed E-state index contributed by atoms with van der Waals surface area (Å²) in [5, 5.41) is 7.20. The Bertz CT molecular complexity index is 438. The lowest BCUT2D eigenvalue weighted by atomic mass is 10.3. The fourth-order valence-corrected chi connectivity index (χ4v) is 1.99. The first-order chi connectivity index (χ1) is 11.3. The predicted molar refractivity (Wildman–Crippen MR) is 96.7 cm³/mol. The van der Waals surface area contributed by atoms with Crippen LogP contribution in [0, 0.1) is 0 Å². The normalized spacial score (nSPS) is 11.3. The number of aliphatic imine (C=N–C) groups is 1. The SMILES string of the molecule is CCNC(=NCCCCOCC)NCCOc1ccc(Cl)cc1. The molecular formula is C17H28ClN3O2. The molecule has 2 N–H and O–H groups in total. The molecular weight excluding hydrogens is 314 g/mol. The maximum atomic E-state index is 5.84. The van der Waals surface area contributed by atoms with Crippen molar-refractivity contribution in [1.82, 2.24) is 10.6 Å². The van der Waals surface area contributed by atoms with Crippen LogP contribution in [0.3, 0.4) is 0 Å². The maximum absolute atomic E-state index is 5.84. The average molecular weight is 342 g/mol. The van der Waals surface area contributed by atoms with Gasteiger partial charge in [-0.15, -0.1) is 0 Å². The Labute approximate surface area is 144 Å². The van der Waals surface area contributed by atoms with Crippen LogP contribution in [0.15, 0.2) is 29.3 Å². The number of guanidine groups is 1. The van der Waals surface area contributed by atoms with Gasteiger partial charge in [-0.05, 0) is 51.0 Å². The molecule has 0 fully saturated rings. The van der Waals surface area contributed by atoms with Crippen molar-refractivity contribution in [3.05, 3.63) is 29.3 Å². The molecule has 1 aromatic carbocycles. The minimum Gasteiger partial charge on any atom is -0.492 e. The van der Waals surface area contributed by atoms with Gasteiger partial charge in [0.2, 0.25) is 0 Å². The van der Waals surface area contributed by atoms with E-state index in [2.05, 4.69) is 22.5 Å². The van der Waals surface area contributed by atoms with Crippen molar-refractivity contribution in [3.8, 4) is 5.75 Å². The Balaban J connectivity index is 2.19. The fraction of sp³-hybridized carbons (Fsp3) is 0.588. The number of rotatable bonds is 11. The first-order valence-corrected chi connectivity index (χ1v) is 8.62. The second-order valence-corrected chi connectivity index (χ2v) is 5.33. The van der Waals surface area contributed by atoms with Crippen LogP contribution in [0.5, 0.6) is 5.75 Å². The molecule has 0 aliphatic heterocycles. The summed E-state index contributed by atoms with van der Waals surface area (Å²) in [6.45, 7) is 8.53. The van der Waals surface area contributed by atoms with Crippen LogP contribution in [-0.4, -0.2) is 45.4 Å². The third-order valence-corrected chi connectivity index (χ3v) is 3.24. The van der Waals surface area contributed by atoms with E-state index in [0.29, 0.717) is 18.2 Å². The second-order valence-electron chi connectivity index (χ2n) is 4.89. The fourth-order valence-electron chi connectivity index (χ4n) is 1.86. The highest BCUT2D eigenvalue weighted by Crippen LogP contribution is 2.14. The number of benzene rings is 1. The van der Waals surface area contributed by atoms with Crippen LogP contribution in [-0.2, 0) is 4.74 Å². The number of halogens is 1. The van der Waals surface area contributed by atoms with E-state index in [0.717, 1.165) is 50.9 Å². The highest BCUT2D eigenvalue weighted by Gasteiger charge is 1.98. The second kappa shape index (κ2) is 13.0. The molecule has 0 amide bonds. The summed E-state index contributed by atoms with van der Waals surface area (Å²) >= 11 is 5.84. The Kier molecular flexibility index (Phi) is 11.1. The highest BCUT2D eigenvalue weighted by molar-refractivity contribution is 6.30.